The lowest BCUT2D eigenvalue weighted by molar-refractivity contribution is 0.348. The molecule has 1 heterocycles. The molecule has 0 atom stereocenters. The van der Waals surface area contributed by atoms with Crippen molar-refractivity contribution in [3.8, 4) is 0 Å². The first-order valence-corrected chi connectivity index (χ1v) is 5.60. The van der Waals surface area contributed by atoms with E-state index in [2.05, 4.69) is 17.1 Å². The first-order valence-electron chi connectivity index (χ1n) is 5.60. The van der Waals surface area contributed by atoms with E-state index in [1.807, 2.05) is 26.0 Å². The van der Waals surface area contributed by atoms with E-state index in [-0.39, 0.29) is 5.54 Å². The van der Waals surface area contributed by atoms with E-state index in [0.29, 0.717) is 6.61 Å². The molecule has 0 fully saturated rings. The highest BCUT2D eigenvalue weighted by molar-refractivity contribution is 5.94. The summed E-state index contributed by atoms with van der Waals surface area (Å²) in [5, 5.41) is 0. The van der Waals surface area contributed by atoms with Crippen LogP contribution < -0.4 is 5.73 Å². The molecule has 86 valence electrons. The summed E-state index contributed by atoms with van der Waals surface area (Å²) in [6.45, 7) is 5.54. The summed E-state index contributed by atoms with van der Waals surface area (Å²) in [5.74, 6) is 0.763. The summed E-state index contributed by atoms with van der Waals surface area (Å²) in [7, 11) is 0. The van der Waals surface area contributed by atoms with Crippen molar-refractivity contribution >= 4 is 5.90 Å². The molecule has 0 unspecified atom stereocenters. The molecule has 0 saturated heterocycles. The Bertz CT molecular complexity index is 387. The highest BCUT2D eigenvalue weighted by Crippen LogP contribution is 2.13. The molecule has 3 nitrogen and oxygen atoms in total. The monoisotopic (exact) mass is 218 g/mol. The Morgan fingerprint density at radius 3 is 2.50 bits per heavy atom. The van der Waals surface area contributed by atoms with Crippen molar-refractivity contribution in [2.24, 2.45) is 10.7 Å². The maximum Gasteiger partial charge on any atom is 0.216 e. The summed E-state index contributed by atoms with van der Waals surface area (Å²) >= 11 is 0. The van der Waals surface area contributed by atoms with Gasteiger partial charge in [0.25, 0.3) is 0 Å². The Kier molecular flexibility index (Phi) is 2.97. The van der Waals surface area contributed by atoms with E-state index in [4.69, 9.17) is 10.5 Å². The van der Waals surface area contributed by atoms with Crippen molar-refractivity contribution in [2.75, 3.05) is 13.2 Å². The molecule has 1 aromatic rings. The van der Waals surface area contributed by atoms with Crippen LogP contribution in [0.15, 0.2) is 29.3 Å². The van der Waals surface area contributed by atoms with Crippen molar-refractivity contribution in [3.63, 3.8) is 0 Å². The van der Waals surface area contributed by atoms with Crippen LogP contribution in [0.5, 0.6) is 0 Å². The van der Waals surface area contributed by atoms with Crippen LogP contribution in [-0.2, 0) is 11.2 Å². The second-order valence-corrected chi connectivity index (χ2v) is 4.90. The number of benzene rings is 1. The molecule has 0 radical (unpaired) electrons. The summed E-state index contributed by atoms with van der Waals surface area (Å²) in [6.07, 6.45) is 0.876. The average molecular weight is 218 g/mol. The molecular weight excluding hydrogens is 200 g/mol. The Balaban J connectivity index is 2.10. The quantitative estimate of drug-likeness (QED) is 0.840. The number of rotatable bonds is 3. The Morgan fingerprint density at radius 2 is 2.00 bits per heavy atom. The summed E-state index contributed by atoms with van der Waals surface area (Å²) in [6, 6.07) is 8.28. The predicted octanol–water partition coefficient (Wildman–Crippen LogP) is 1.74. The molecule has 0 spiro atoms. The Labute approximate surface area is 96.3 Å². The first-order chi connectivity index (χ1) is 7.54. The fourth-order valence-electron chi connectivity index (χ4n) is 1.80. The highest BCUT2D eigenvalue weighted by atomic mass is 16.5. The molecule has 0 aromatic heterocycles. The molecule has 2 N–H and O–H groups in total. The van der Waals surface area contributed by atoms with Crippen LogP contribution >= 0.6 is 0 Å². The topological polar surface area (TPSA) is 47.6 Å². The van der Waals surface area contributed by atoms with Gasteiger partial charge in [0.2, 0.25) is 5.90 Å². The molecular formula is C13H18N2O. The third kappa shape index (κ3) is 2.83. The zero-order valence-electron chi connectivity index (χ0n) is 9.86. The van der Waals surface area contributed by atoms with Crippen LogP contribution in [-0.4, -0.2) is 24.6 Å². The third-order valence-electron chi connectivity index (χ3n) is 2.45. The average Bonchev–Trinajstić information content (AvgIpc) is 2.69. The standard InChI is InChI=1S/C13H18N2O/c1-13(2,14)9-10-3-5-11(6-4-10)12-15-7-8-16-12/h3-6H,7-9,14H2,1-2H3. The SMILES string of the molecule is CC(C)(N)Cc1ccc(C2=NCCO2)cc1. The molecule has 16 heavy (non-hydrogen) atoms. The summed E-state index contributed by atoms with van der Waals surface area (Å²) in [4.78, 5) is 4.28. The van der Waals surface area contributed by atoms with Gasteiger partial charge in [0, 0.05) is 11.1 Å². The number of aliphatic imine (C=N–C) groups is 1. The van der Waals surface area contributed by atoms with Crippen molar-refractivity contribution in [3.05, 3.63) is 35.4 Å². The third-order valence-corrected chi connectivity index (χ3v) is 2.45. The van der Waals surface area contributed by atoms with Gasteiger partial charge in [0.1, 0.15) is 6.61 Å². The van der Waals surface area contributed by atoms with Crippen LogP contribution in [0.3, 0.4) is 0 Å². The van der Waals surface area contributed by atoms with Crippen LogP contribution in [0.1, 0.15) is 25.0 Å². The maximum atomic E-state index is 5.98. The van der Waals surface area contributed by atoms with E-state index >= 15 is 0 Å². The number of nitrogens with zero attached hydrogens (tertiary/aromatic N) is 1. The zero-order chi connectivity index (χ0) is 11.6. The molecule has 0 amide bonds. The molecule has 1 aromatic carbocycles. The zero-order valence-corrected chi connectivity index (χ0v) is 9.86. The van der Waals surface area contributed by atoms with Crippen LogP contribution in [0.2, 0.25) is 0 Å². The smallest absolute Gasteiger partial charge is 0.216 e. The first kappa shape index (κ1) is 11.1. The Hall–Kier alpha value is -1.35. The Morgan fingerprint density at radius 1 is 1.31 bits per heavy atom. The molecule has 1 aliphatic heterocycles. The lowest BCUT2D eigenvalue weighted by Gasteiger charge is -2.18. The fourth-order valence-corrected chi connectivity index (χ4v) is 1.80. The minimum Gasteiger partial charge on any atom is -0.476 e. The van der Waals surface area contributed by atoms with Crippen molar-refractivity contribution < 1.29 is 4.74 Å². The van der Waals surface area contributed by atoms with Crippen LogP contribution in [0, 0.1) is 0 Å². The number of hydrogen-bond donors (Lipinski definition) is 1. The number of hydrogen-bond acceptors (Lipinski definition) is 3. The number of ether oxygens (including phenoxy) is 1. The van der Waals surface area contributed by atoms with Crippen molar-refractivity contribution in [1.29, 1.82) is 0 Å². The second-order valence-electron chi connectivity index (χ2n) is 4.90. The van der Waals surface area contributed by atoms with E-state index in [9.17, 15) is 0 Å². The van der Waals surface area contributed by atoms with Gasteiger partial charge in [-0.2, -0.15) is 0 Å². The summed E-state index contributed by atoms with van der Waals surface area (Å²) < 4.78 is 5.41. The lowest BCUT2D eigenvalue weighted by atomic mass is 9.96. The van der Waals surface area contributed by atoms with Gasteiger partial charge in [0.05, 0.1) is 6.54 Å². The van der Waals surface area contributed by atoms with Gasteiger partial charge in [-0.05, 0) is 38.0 Å². The summed E-state index contributed by atoms with van der Waals surface area (Å²) in [5.41, 5.74) is 8.11. The van der Waals surface area contributed by atoms with Gasteiger partial charge in [-0.15, -0.1) is 0 Å². The lowest BCUT2D eigenvalue weighted by Crippen LogP contribution is -2.34. The van der Waals surface area contributed by atoms with Gasteiger partial charge in [0.15, 0.2) is 0 Å². The van der Waals surface area contributed by atoms with Crippen LogP contribution in [0.25, 0.3) is 0 Å². The van der Waals surface area contributed by atoms with E-state index in [1.165, 1.54) is 5.56 Å². The maximum absolute atomic E-state index is 5.98. The van der Waals surface area contributed by atoms with Gasteiger partial charge in [-0.25, -0.2) is 4.99 Å². The molecule has 1 aliphatic rings. The van der Waals surface area contributed by atoms with Gasteiger partial charge in [-0.1, -0.05) is 12.1 Å². The fraction of sp³-hybridized carbons (Fsp3) is 0.462. The molecule has 3 heteroatoms. The molecule has 0 bridgehead atoms. The van der Waals surface area contributed by atoms with Crippen LogP contribution in [0.4, 0.5) is 0 Å². The van der Waals surface area contributed by atoms with Crippen molar-refractivity contribution in [2.45, 2.75) is 25.8 Å². The van der Waals surface area contributed by atoms with Gasteiger partial charge in [-0.3, -0.25) is 0 Å². The van der Waals surface area contributed by atoms with Gasteiger partial charge < -0.3 is 10.5 Å². The van der Waals surface area contributed by atoms with Crippen molar-refractivity contribution in [1.82, 2.24) is 0 Å². The molecule has 0 aliphatic carbocycles. The molecule has 0 saturated carbocycles. The molecule has 2 rings (SSSR count). The largest absolute Gasteiger partial charge is 0.476 e. The second kappa shape index (κ2) is 4.26. The minimum absolute atomic E-state index is 0.164. The minimum atomic E-state index is -0.164. The predicted molar refractivity (Wildman–Crippen MR) is 65.8 cm³/mol. The van der Waals surface area contributed by atoms with E-state index in [1.54, 1.807) is 0 Å². The van der Waals surface area contributed by atoms with Gasteiger partial charge >= 0.3 is 0 Å². The van der Waals surface area contributed by atoms with E-state index < -0.39 is 0 Å². The highest BCUT2D eigenvalue weighted by Gasteiger charge is 2.13. The normalized spacial score (nSPS) is 15.8. The van der Waals surface area contributed by atoms with E-state index in [0.717, 1.165) is 24.4 Å². The number of nitrogens with two attached hydrogens (primary N) is 1.